The maximum absolute atomic E-state index is 6.54. The number of hydrogen-bond donors (Lipinski definition) is 0. The van der Waals surface area contributed by atoms with Crippen LogP contribution in [0, 0.1) is 0 Å². The molecule has 0 atom stereocenters. The molecule has 0 N–H and O–H groups in total. The number of fused-ring (bicyclic) bond motifs is 8. The summed E-state index contributed by atoms with van der Waals surface area (Å²) in [5.74, 6) is 0. The van der Waals surface area contributed by atoms with Crippen LogP contribution in [0.2, 0.25) is 0 Å². The van der Waals surface area contributed by atoms with E-state index in [-0.39, 0.29) is 0 Å². The molecule has 0 radical (unpaired) electrons. The molecule has 0 saturated carbocycles. The van der Waals surface area contributed by atoms with Crippen molar-refractivity contribution < 1.29 is 4.42 Å². The number of para-hydroxylation sites is 2. The van der Waals surface area contributed by atoms with Crippen LogP contribution in [-0.2, 0) is 0 Å². The molecule has 0 spiro atoms. The molecule has 0 saturated heterocycles. The molecular weight excluding hydrogens is 741 g/mol. The Hall–Kier alpha value is -8.14. The molecule has 0 aliphatic heterocycles. The summed E-state index contributed by atoms with van der Waals surface area (Å²) in [6.07, 6.45) is 0. The second-order valence-corrected chi connectivity index (χ2v) is 15.7. The molecule has 0 unspecified atom stereocenters. The van der Waals surface area contributed by atoms with Crippen LogP contribution >= 0.6 is 0 Å². The maximum atomic E-state index is 6.54. The lowest BCUT2D eigenvalue weighted by atomic mass is 10.00. The van der Waals surface area contributed by atoms with Gasteiger partial charge in [-0.15, -0.1) is 0 Å². The second-order valence-electron chi connectivity index (χ2n) is 15.7. The molecule has 3 nitrogen and oxygen atoms in total. The number of furan rings is 1. The van der Waals surface area contributed by atoms with Gasteiger partial charge in [0.1, 0.15) is 11.2 Å². The zero-order chi connectivity index (χ0) is 40.3. The summed E-state index contributed by atoms with van der Waals surface area (Å²) in [5.41, 5.74) is 15.7. The summed E-state index contributed by atoms with van der Waals surface area (Å²) in [6, 6.07) is 82.9. The maximum Gasteiger partial charge on any atom is 0.143 e. The first kappa shape index (κ1) is 34.9. The Morgan fingerprint density at radius 2 is 0.820 bits per heavy atom. The minimum Gasteiger partial charge on any atom is -0.455 e. The Bertz CT molecular complexity index is 3510. The lowest BCUT2D eigenvalue weighted by Gasteiger charge is -2.26. The minimum absolute atomic E-state index is 0.878. The lowest BCUT2D eigenvalue weighted by Crippen LogP contribution is -2.09. The largest absolute Gasteiger partial charge is 0.455 e. The first-order valence-electron chi connectivity index (χ1n) is 20.8. The van der Waals surface area contributed by atoms with E-state index in [1.807, 2.05) is 0 Å². The van der Waals surface area contributed by atoms with Gasteiger partial charge in [0.25, 0.3) is 0 Å². The fourth-order valence-corrected chi connectivity index (χ4v) is 9.20. The van der Waals surface area contributed by atoms with Gasteiger partial charge in [0.15, 0.2) is 0 Å². The highest BCUT2D eigenvalue weighted by molar-refractivity contribution is 6.15. The Balaban J connectivity index is 0.940. The van der Waals surface area contributed by atoms with Crippen molar-refractivity contribution in [3.05, 3.63) is 231 Å². The van der Waals surface area contributed by atoms with Crippen LogP contribution in [0.3, 0.4) is 0 Å². The van der Waals surface area contributed by atoms with Gasteiger partial charge in [-0.25, -0.2) is 0 Å². The number of hydrogen-bond acceptors (Lipinski definition) is 2. The van der Waals surface area contributed by atoms with Crippen LogP contribution in [0.5, 0.6) is 0 Å². The molecule has 12 aromatic rings. The third-order valence-corrected chi connectivity index (χ3v) is 12.2. The summed E-state index contributed by atoms with van der Waals surface area (Å²) in [5, 5.41) is 7.03. The van der Waals surface area contributed by atoms with Crippen LogP contribution in [0.4, 0.5) is 17.1 Å². The van der Waals surface area contributed by atoms with Gasteiger partial charge in [-0.05, 0) is 112 Å². The van der Waals surface area contributed by atoms with E-state index in [2.05, 4.69) is 240 Å². The second kappa shape index (κ2) is 14.3. The van der Waals surface area contributed by atoms with Crippen molar-refractivity contribution in [3.8, 4) is 39.1 Å². The molecule has 0 aliphatic rings. The first-order chi connectivity index (χ1) is 30.2. The average molecular weight is 779 g/mol. The summed E-state index contributed by atoms with van der Waals surface area (Å²) in [4.78, 5) is 2.35. The van der Waals surface area contributed by atoms with E-state index in [0.29, 0.717) is 0 Å². The van der Waals surface area contributed by atoms with Crippen molar-refractivity contribution >= 4 is 71.6 Å². The Morgan fingerprint density at radius 3 is 1.48 bits per heavy atom. The highest BCUT2D eigenvalue weighted by Gasteiger charge is 2.18. The zero-order valence-electron chi connectivity index (χ0n) is 33.2. The smallest absolute Gasteiger partial charge is 0.143 e. The van der Waals surface area contributed by atoms with Crippen LogP contribution in [-0.4, -0.2) is 4.57 Å². The molecule has 0 amide bonds. The van der Waals surface area contributed by atoms with Crippen LogP contribution in [0.25, 0.3) is 93.6 Å². The predicted molar refractivity (Wildman–Crippen MR) is 257 cm³/mol. The van der Waals surface area contributed by atoms with Gasteiger partial charge < -0.3 is 13.9 Å². The van der Waals surface area contributed by atoms with E-state index in [9.17, 15) is 0 Å². The molecule has 0 aliphatic carbocycles. The fraction of sp³-hybridized carbons (Fsp3) is 0. The first-order valence-corrected chi connectivity index (χ1v) is 20.8. The van der Waals surface area contributed by atoms with Gasteiger partial charge in [0, 0.05) is 49.7 Å². The summed E-state index contributed by atoms with van der Waals surface area (Å²) in [7, 11) is 0. The predicted octanol–water partition coefficient (Wildman–Crippen LogP) is 16.3. The van der Waals surface area contributed by atoms with Crippen LogP contribution in [0.15, 0.2) is 235 Å². The SMILES string of the molecule is c1ccc(-c2ccc(-c3ccc(N(c4ccc(-c5cccc(-n6c7ccccc7c7ccccc76)c5)cc4)c4ccc5oc6c7ccccc7ccc6c5c4)cc3)cc2)cc1. The Labute approximate surface area is 353 Å². The van der Waals surface area contributed by atoms with Gasteiger partial charge in [-0.2, -0.15) is 0 Å². The van der Waals surface area contributed by atoms with Gasteiger partial charge >= 0.3 is 0 Å². The number of anilines is 3. The van der Waals surface area contributed by atoms with Crippen molar-refractivity contribution in [2.45, 2.75) is 0 Å². The highest BCUT2D eigenvalue weighted by atomic mass is 16.3. The third-order valence-electron chi connectivity index (χ3n) is 12.2. The monoisotopic (exact) mass is 778 g/mol. The Morgan fingerprint density at radius 1 is 0.311 bits per heavy atom. The topological polar surface area (TPSA) is 21.3 Å². The number of rotatable bonds is 7. The van der Waals surface area contributed by atoms with Crippen LogP contribution in [0.1, 0.15) is 0 Å². The molecule has 12 rings (SSSR count). The minimum atomic E-state index is 0.878. The molecule has 0 bridgehead atoms. The molecule has 2 aromatic heterocycles. The summed E-state index contributed by atoms with van der Waals surface area (Å²) in [6.45, 7) is 0. The number of aromatic nitrogens is 1. The molecule has 286 valence electrons. The van der Waals surface area contributed by atoms with Crippen molar-refractivity contribution in [3.63, 3.8) is 0 Å². The normalized spacial score (nSPS) is 11.6. The number of benzene rings is 10. The van der Waals surface area contributed by atoms with Gasteiger partial charge in [-0.3, -0.25) is 0 Å². The van der Waals surface area contributed by atoms with Gasteiger partial charge in [0.2, 0.25) is 0 Å². The van der Waals surface area contributed by atoms with E-state index < -0.39 is 0 Å². The fourth-order valence-electron chi connectivity index (χ4n) is 9.20. The van der Waals surface area contributed by atoms with E-state index >= 15 is 0 Å². The molecule has 10 aromatic carbocycles. The van der Waals surface area contributed by atoms with Crippen molar-refractivity contribution in [2.75, 3.05) is 4.90 Å². The van der Waals surface area contributed by atoms with E-state index in [1.165, 1.54) is 55.0 Å². The van der Waals surface area contributed by atoms with E-state index in [1.54, 1.807) is 0 Å². The highest BCUT2D eigenvalue weighted by Crippen LogP contribution is 2.42. The average Bonchev–Trinajstić information content (AvgIpc) is 3.88. The van der Waals surface area contributed by atoms with E-state index in [4.69, 9.17) is 4.42 Å². The Kier molecular flexibility index (Phi) is 8.17. The number of nitrogens with zero attached hydrogens (tertiary/aromatic N) is 2. The molecule has 61 heavy (non-hydrogen) atoms. The van der Waals surface area contributed by atoms with Gasteiger partial charge in [0.05, 0.1) is 11.0 Å². The van der Waals surface area contributed by atoms with Gasteiger partial charge in [-0.1, -0.05) is 158 Å². The molecule has 0 fully saturated rings. The molecular formula is C58H38N2O. The lowest BCUT2D eigenvalue weighted by molar-refractivity contribution is 0.672. The van der Waals surface area contributed by atoms with E-state index in [0.717, 1.165) is 55.6 Å². The molecule has 2 heterocycles. The summed E-state index contributed by atoms with van der Waals surface area (Å²) >= 11 is 0. The zero-order valence-corrected chi connectivity index (χ0v) is 33.2. The van der Waals surface area contributed by atoms with Crippen LogP contribution < -0.4 is 4.90 Å². The van der Waals surface area contributed by atoms with Crippen molar-refractivity contribution in [1.29, 1.82) is 0 Å². The van der Waals surface area contributed by atoms with Crippen molar-refractivity contribution in [2.24, 2.45) is 0 Å². The summed E-state index contributed by atoms with van der Waals surface area (Å²) < 4.78 is 8.92. The standard InChI is InChI=1S/C58H38N2O/c1-2-11-39(12-3-1)40-21-23-41(24-22-40)42-25-30-46(31-26-42)59(49-34-36-57-54(38-49)53-35-29-44-13-4-5-16-50(44)58(53)61-57)47-32-27-43(28-33-47)45-14-10-15-48(37-45)60-55-19-8-6-17-51(55)52-18-7-9-20-56(52)60/h1-38H. The quantitative estimate of drug-likeness (QED) is 0.161. The van der Waals surface area contributed by atoms with Crippen molar-refractivity contribution in [1.82, 2.24) is 4.57 Å². The third kappa shape index (κ3) is 5.98. The molecule has 3 heteroatoms.